The van der Waals surface area contributed by atoms with Gasteiger partial charge in [0, 0.05) is 41.8 Å². The van der Waals surface area contributed by atoms with E-state index in [2.05, 4.69) is 67.6 Å². The summed E-state index contributed by atoms with van der Waals surface area (Å²) in [6, 6.07) is 10.5. The van der Waals surface area contributed by atoms with Gasteiger partial charge in [0.25, 0.3) is 0 Å². The van der Waals surface area contributed by atoms with Crippen LogP contribution in [-0.4, -0.2) is 45.2 Å². The minimum atomic E-state index is -4.39. The maximum atomic E-state index is 12.9. The molecule has 1 aromatic carbocycles. The molecule has 2 aromatic heterocycles. The molecule has 1 atom stereocenters. The Morgan fingerprint density at radius 2 is 1.72 bits per heavy atom. The van der Waals surface area contributed by atoms with Gasteiger partial charge in [-0.2, -0.15) is 24.9 Å². The first-order valence-corrected chi connectivity index (χ1v) is 17.4. The van der Waals surface area contributed by atoms with Crippen molar-refractivity contribution in [2.24, 2.45) is 0 Å². The van der Waals surface area contributed by atoms with Crippen molar-refractivity contribution in [2.75, 3.05) is 12.4 Å². The summed E-state index contributed by atoms with van der Waals surface area (Å²) in [6.45, 7) is 15.3. The van der Waals surface area contributed by atoms with Gasteiger partial charge in [-0.1, -0.05) is 45.0 Å². The second kappa shape index (κ2) is 9.73. The quantitative estimate of drug-likeness (QED) is 0.285. The summed E-state index contributed by atoms with van der Waals surface area (Å²) in [7, 11) is -1.85. The lowest BCUT2D eigenvalue weighted by Gasteiger charge is -2.39. The van der Waals surface area contributed by atoms with Crippen LogP contribution < -0.4 is 0 Å². The van der Waals surface area contributed by atoms with E-state index in [0.29, 0.717) is 12.3 Å². The summed E-state index contributed by atoms with van der Waals surface area (Å²) in [4.78, 5) is 4.04. The van der Waals surface area contributed by atoms with Crippen molar-refractivity contribution in [1.82, 2.24) is 19.7 Å². The van der Waals surface area contributed by atoms with Crippen molar-refractivity contribution >= 4 is 20.1 Å². The Hall–Kier alpha value is -2.17. The van der Waals surface area contributed by atoms with E-state index in [4.69, 9.17) is 9.52 Å². The number of hydrogen-bond acceptors (Lipinski definition) is 5. The maximum absolute atomic E-state index is 12.9. The Bertz CT molecular complexity index is 1330. The fraction of sp³-hybridized carbons (Fsp3) is 0.552. The second-order valence-electron chi connectivity index (χ2n) is 12.7. The zero-order chi connectivity index (χ0) is 28.3. The normalized spacial score (nSPS) is 21.4. The van der Waals surface area contributed by atoms with Gasteiger partial charge in [0.1, 0.15) is 11.6 Å². The van der Waals surface area contributed by atoms with E-state index < -0.39 is 20.1 Å². The van der Waals surface area contributed by atoms with Crippen molar-refractivity contribution in [3.63, 3.8) is 0 Å². The van der Waals surface area contributed by atoms with Gasteiger partial charge in [0.15, 0.2) is 8.32 Å². The molecule has 0 bridgehead atoms. The number of hydrogen-bond donors (Lipinski definition) is 0. The van der Waals surface area contributed by atoms with E-state index >= 15 is 0 Å². The van der Waals surface area contributed by atoms with Gasteiger partial charge in [-0.25, -0.2) is 0 Å². The third kappa shape index (κ3) is 5.57. The number of fused-ring (bicyclic) bond motifs is 1. The van der Waals surface area contributed by atoms with Gasteiger partial charge in [0.2, 0.25) is 0 Å². The number of halogens is 3. The van der Waals surface area contributed by atoms with Crippen LogP contribution in [0.1, 0.15) is 63.3 Å². The van der Waals surface area contributed by atoms with Crippen LogP contribution in [0.3, 0.4) is 0 Å². The molecular weight excluding hydrogens is 537 g/mol. The molecule has 3 aromatic rings. The lowest BCUT2D eigenvalue weighted by atomic mass is 9.93. The molecule has 10 heteroatoms. The van der Waals surface area contributed by atoms with Gasteiger partial charge in [-0.3, -0.25) is 4.98 Å². The van der Waals surface area contributed by atoms with E-state index in [-0.39, 0.29) is 15.2 Å². The lowest BCUT2D eigenvalue weighted by Crippen LogP contribution is -2.45. The van der Waals surface area contributed by atoms with Crippen LogP contribution in [0, 0.1) is 0 Å². The molecule has 1 saturated carbocycles. The monoisotopic (exact) mass is 574 g/mol. The third-order valence-electron chi connectivity index (χ3n) is 8.67. The molecule has 0 amide bonds. The number of alkyl halides is 3. The highest BCUT2D eigenvalue weighted by molar-refractivity contribution is 8.00. The number of aromatic nitrogens is 4. The fourth-order valence-electron chi connectivity index (χ4n) is 4.92. The first-order chi connectivity index (χ1) is 18.1. The molecule has 5 rings (SSSR count). The van der Waals surface area contributed by atoms with Crippen LogP contribution in [-0.2, 0) is 29.0 Å². The first-order valence-electron chi connectivity index (χ1n) is 13.5. The van der Waals surface area contributed by atoms with Crippen molar-refractivity contribution in [3.05, 3.63) is 65.4 Å². The predicted molar refractivity (Wildman–Crippen MR) is 152 cm³/mol. The third-order valence-corrected chi connectivity index (χ3v) is 14.5. The average molecular weight is 575 g/mol. The van der Waals surface area contributed by atoms with Gasteiger partial charge in [-0.15, -0.1) is 10.2 Å². The van der Waals surface area contributed by atoms with Gasteiger partial charge < -0.3 is 8.99 Å². The zero-order valence-corrected chi connectivity index (χ0v) is 25.3. The van der Waals surface area contributed by atoms with E-state index in [1.165, 1.54) is 6.07 Å². The molecule has 3 heterocycles. The number of rotatable bonds is 6. The Balaban J connectivity index is 1.34. The highest BCUT2D eigenvalue weighted by Gasteiger charge is 2.51. The van der Waals surface area contributed by atoms with E-state index in [0.717, 1.165) is 66.6 Å². The molecule has 2 aliphatic rings. The molecule has 0 radical (unpaired) electrons. The summed E-state index contributed by atoms with van der Waals surface area (Å²) < 4.78 is 47.6. The zero-order valence-electron chi connectivity index (χ0n) is 23.5. The molecule has 0 N–H and O–H groups in total. The second-order valence-corrected chi connectivity index (χ2v) is 19.2. The Morgan fingerprint density at radius 1 is 1.03 bits per heavy atom. The van der Waals surface area contributed by atoms with Crippen LogP contribution in [0.4, 0.5) is 13.2 Å². The van der Waals surface area contributed by atoms with Crippen LogP contribution in [0.5, 0.6) is 0 Å². The number of benzene rings is 1. The van der Waals surface area contributed by atoms with Gasteiger partial charge in [0.05, 0.1) is 16.7 Å². The Morgan fingerprint density at radius 3 is 2.28 bits per heavy atom. The van der Waals surface area contributed by atoms with Gasteiger partial charge >= 0.3 is 6.18 Å². The largest absolute Gasteiger partial charge is 0.417 e. The van der Waals surface area contributed by atoms with Crippen molar-refractivity contribution in [3.8, 4) is 11.3 Å². The smallest absolute Gasteiger partial charge is 0.415 e. The summed E-state index contributed by atoms with van der Waals surface area (Å²) >= 11 is 1.97. The highest BCUT2D eigenvalue weighted by atomic mass is 32.2. The predicted octanol–water partition coefficient (Wildman–Crippen LogP) is 7.51. The highest BCUT2D eigenvalue weighted by Crippen LogP contribution is 2.53. The average Bonchev–Trinajstić information content (AvgIpc) is 3.61. The molecule has 210 valence electrons. The van der Waals surface area contributed by atoms with Crippen LogP contribution in [0.2, 0.25) is 18.1 Å². The minimum absolute atomic E-state index is 0.0545. The molecule has 1 unspecified atom stereocenters. The standard InChI is InChI=1S/C29H37F3N4OSSi/c1-26(2,3)39(5,6)37-19-27(4)17-24-34-35-25(36(24)15-16-38-27)28(13-14-28)21-9-7-20(8-10-21)23-12-11-22(18-33-23)29(30,31)32/h7-12,18H,13-17,19H2,1-6H3. The van der Waals surface area contributed by atoms with Crippen molar-refractivity contribution in [2.45, 2.75) is 88.0 Å². The molecule has 0 spiro atoms. The summed E-state index contributed by atoms with van der Waals surface area (Å²) in [6.07, 6.45) is -0.685. The van der Waals surface area contributed by atoms with Gasteiger partial charge in [-0.05, 0) is 55.6 Å². The van der Waals surface area contributed by atoms with Crippen LogP contribution in [0.15, 0.2) is 42.6 Å². The summed E-state index contributed by atoms with van der Waals surface area (Å²) in [5, 5.41) is 9.58. The van der Waals surface area contributed by atoms with Crippen LogP contribution >= 0.6 is 11.8 Å². The number of nitrogens with zero attached hydrogens (tertiary/aromatic N) is 4. The van der Waals surface area contributed by atoms with Crippen LogP contribution in [0.25, 0.3) is 11.3 Å². The Labute approximate surface area is 234 Å². The van der Waals surface area contributed by atoms with E-state index in [1.54, 1.807) is 0 Å². The Kier molecular flexibility index (Phi) is 7.08. The molecule has 5 nitrogen and oxygen atoms in total. The topological polar surface area (TPSA) is 52.8 Å². The maximum Gasteiger partial charge on any atom is 0.417 e. The molecule has 39 heavy (non-hydrogen) atoms. The van der Waals surface area contributed by atoms with E-state index in [1.807, 2.05) is 23.9 Å². The fourth-order valence-corrected chi connectivity index (χ4v) is 7.28. The summed E-state index contributed by atoms with van der Waals surface area (Å²) in [5.41, 5.74) is 1.56. The molecule has 0 saturated heterocycles. The summed E-state index contributed by atoms with van der Waals surface area (Å²) in [5.74, 6) is 3.02. The number of thioether (sulfide) groups is 1. The first kappa shape index (κ1) is 28.4. The SMILES string of the molecule is CC1(CO[Si](C)(C)C(C)(C)C)Cc2nnc(C3(c4ccc(-c5ccc(C(F)(F)F)cn5)cc4)CC3)n2CCS1. The molecule has 1 aliphatic heterocycles. The molecule has 1 aliphatic carbocycles. The minimum Gasteiger partial charge on any atom is -0.415 e. The lowest BCUT2D eigenvalue weighted by molar-refractivity contribution is -0.137. The van der Waals surface area contributed by atoms with E-state index in [9.17, 15) is 13.2 Å². The molecule has 1 fully saturated rings. The van der Waals surface area contributed by atoms with Crippen molar-refractivity contribution < 1.29 is 17.6 Å². The van der Waals surface area contributed by atoms with Crippen molar-refractivity contribution in [1.29, 1.82) is 0 Å². The molecular formula is C29H37F3N4OSSi. The number of pyridine rings is 1.